The van der Waals surface area contributed by atoms with E-state index in [-0.39, 0.29) is 12.5 Å². The van der Waals surface area contributed by atoms with Gasteiger partial charge >= 0.3 is 0 Å². The van der Waals surface area contributed by atoms with Crippen LogP contribution in [0, 0.1) is 0 Å². The second-order valence-electron chi connectivity index (χ2n) is 5.89. The van der Waals surface area contributed by atoms with E-state index >= 15 is 0 Å². The number of aliphatic hydroxyl groups excluding tert-OH is 2. The highest BCUT2D eigenvalue weighted by atomic mass is 19.1. The molecule has 0 radical (unpaired) electrons. The van der Waals surface area contributed by atoms with Crippen molar-refractivity contribution in [1.82, 2.24) is 10.2 Å². The summed E-state index contributed by atoms with van der Waals surface area (Å²) in [6.07, 6.45) is -2.83. The van der Waals surface area contributed by atoms with Gasteiger partial charge in [0.05, 0.1) is 0 Å². The van der Waals surface area contributed by atoms with Crippen molar-refractivity contribution in [2.24, 2.45) is 0 Å². The number of nitrogens with one attached hydrogen (secondary N) is 1. The van der Waals surface area contributed by atoms with Crippen LogP contribution < -0.4 is 5.32 Å². The lowest BCUT2D eigenvalue weighted by atomic mass is 9.95. The zero-order chi connectivity index (χ0) is 16.8. The monoisotopic (exact) mass is 324 g/mol. The molecule has 23 heavy (non-hydrogen) atoms. The standard InChI is InChI=1S/C17H25FN2O3/c1-2-20(10-6-9-12-7-4-3-5-8-12)17(23)14-16(22)15(21)13(18)11-19-14/h3-5,7-8,13-16,19,21-22H,2,6,9-11H2,1H3/t13-,14-,15-,16+/m0/s1. The highest BCUT2D eigenvalue weighted by Gasteiger charge is 2.42. The highest BCUT2D eigenvalue weighted by molar-refractivity contribution is 5.82. The maximum Gasteiger partial charge on any atom is 0.242 e. The van der Waals surface area contributed by atoms with Crippen molar-refractivity contribution in [3.05, 3.63) is 35.9 Å². The second kappa shape index (κ2) is 8.38. The average molecular weight is 324 g/mol. The van der Waals surface area contributed by atoms with Gasteiger partial charge < -0.3 is 20.4 Å². The summed E-state index contributed by atoms with van der Waals surface area (Å²) in [6, 6.07) is 9.06. The number of rotatable bonds is 6. The number of halogens is 1. The van der Waals surface area contributed by atoms with Crippen LogP contribution in [0.25, 0.3) is 0 Å². The molecule has 4 atom stereocenters. The summed E-state index contributed by atoms with van der Waals surface area (Å²) in [4.78, 5) is 14.1. The minimum atomic E-state index is -1.55. The molecule has 6 heteroatoms. The zero-order valence-corrected chi connectivity index (χ0v) is 13.4. The number of aryl methyl sites for hydroxylation is 1. The molecule has 5 nitrogen and oxygen atoms in total. The lowest BCUT2D eigenvalue weighted by molar-refractivity contribution is -0.143. The first kappa shape index (κ1) is 17.8. The largest absolute Gasteiger partial charge is 0.388 e. The maximum absolute atomic E-state index is 13.3. The summed E-state index contributed by atoms with van der Waals surface area (Å²) < 4.78 is 13.3. The van der Waals surface area contributed by atoms with Crippen LogP contribution in [0.15, 0.2) is 30.3 Å². The van der Waals surface area contributed by atoms with E-state index in [0.717, 1.165) is 12.8 Å². The molecule has 1 aliphatic rings. The van der Waals surface area contributed by atoms with Gasteiger partial charge in [0.25, 0.3) is 0 Å². The molecule has 2 rings (SSSR count). The zero-order valence-electron chi connectivity index (χ0n) is 13.4. The number of hydrogen-bond donors (Lipinski definition) is 3. The molecule has 1 aromatic carbocycles. The van der Waals surface area contributed by atoms with Gasteiger partial charge in [-0.2, -0.15) is 0 Å². The summed E-state index contributed by atoms with van der Waals surface area (Å²) in [7, 11) is 0. The Balaban J connectivity index is 1.88. The molecule has 0 aromatic heterocycles. The van der Waals surface area contributed by atoms with E-state index in [0.29, 0.717) is 13.1 Å². The first-order valence-corrected chi connectivity index (χ1v) is 8.11. The van der Waals surface area contributed by atoms with Gasteiger partial charge in [0.2, 0.25) is 5.91 Å². The number of amides is 1. The quantitative estimate of drug-likeness (QED) is 0.712. The van der Waals surface area contributed by atoms with Crippen LogP contribution in [0.2, 0.25) is 0 Å². The number of benzene rings is 1. The number of piperidine rings is 1. The van der Waals surface area contributed by atoms with Crippen LogP contribution in [0.3, 0.4) is 0 Å². The fourth-order valence-corrected chi connectivity index (χ4v) is 2.87. The molecule has 1 heterocycles. The number of hydrogen-bond acceptors (Lipinski definition) is 4. The molecule has 128 valence electrons. The molecule has 0 unspecified atom stereocenters. The molecular weight excluding hydrogens is 299 g/mol. The molecule has 0 spiro atoms. The number of carbonyl (C=O) groups is 1. The molecule has 1 aromatic rings. The lowest BCUT2D eigenvalue weighted by Crippen LogP contribution is -2.63. The third-order valence-electron chi connectivity index (χ3n) is 4.29. The van der Waals surface area contributed by atoms with Crippen molar-refractivity contribution in [3.8, 4) is 0 Å². The molecule has 1 amide bonds. The number of nitrogens with zero attached hydrogens (tertiary/aromatic N) is 1. The second-order valence-corrected chi connectivity index (χ2v) is 5.89. The van der Waals surface area contributed by atoms with Gasteiger partial charge in [0.1, 0.15) is 24.4 Å². The van der Waals surface area contributed by atoms with Crippen molar-refractivity contribution in [1.29, 1.82) is 0 Å². The van der Waals surface area contributed by atoms with Crippen LogP contribution in [-0.2, 0) is 11.2 Å². The number of carbonyl (C=O) groups excluding carboxylic acids is 1. The number of aliphatic hydroxyl groups is 2. The Hall–Kier alpha value is -1.50. The summed E-state index contributed by atoms with van der Waals surface area (Å²) >= 11 is 0. The van der Waals surface area contributed by atoms with Crippen LogP contribution in [0.1, 0.15) is 18.9 Å². The van der Waals surface area contributed by atoms with Gasteiger partial charge in [0, 0.05) is 19.6 Å². The van der Waals surface area contributed by atoms with E-state index in [1.54, 1.807) is 4.90 Å². The van der Waals surface area contributed by atoms with Crippen LogP contribution in [0.5, 0.6) is 0 Å². The Morgan fingerprint density at radius 2 is 2.00 bits per heavy atom. The van der Waals surface area contributed by atoms with Gasteiger partial charge in [-0.05, 0) is 25.3 Å². The fraction of sp³-hybridized carbons (Fsp3) is 0.588. The normalized spacial score (nSPS) is 27.7. The van der Waals surface area contributed by atoms with Crippen molar-refractivity contribution in [2.45, 2.75) is 44.2 Å². The number of likely N-dealkylation sites (N-methyl/N-ethyl adjacent to an activating group) is 1. The van der Waals surface area contributed by atoms with Gasteiger partial charge in [-0.1, -0.05) is 30.3 Å². The van der Waals surface area contributed by atoms with Gasteiger partial charge in [-0.25, -0.2) is 4.39 Å². The van der Waals surface area contributed by atoms with Crippen LogP contribution >= 0.6 is 0 Å². The summed E-state index contributed by atoms with van der Waals surface area (Å²) in [6.45, 7) is 2.80. The summed E-state index contributed by atoms with van der Waals surface area (Å²) in [5.41, 5.74) is 1.21. The molecular formula is C17H25FN2O3. The van der Waals surface area contributed by atoms with E-state index in [1.807, 2.05) is 37.3 Å². The average Bonchev–Trinajstić information content (AvgIpc) is 2.57. The van der Waals surface area contributed by atoms with Gasteiger partial charge in [-0.3, -0.25) is 4.79 Å². The van der Waals surface area contributed by atoms with Crippen molar-refractivity contribution >= 4 is 5.91 Å². The van der Waals surface area contributed by atoms with E-state index in [2.05, 4.69) is 5.32 Å². The Labute approximate surface area is 136 Å². The molecule has 0 aliphatic carbocycles. The van der Waals surface area contributed by atoms with Crippen LogP contribution in [-0.4, -0.2) is 65.1 Å². The summed E-state index contributed by atoms with van der Waals surface area (Å²) in [5, 5.41) is 22.2. The van der Waals surface area contributed by atoms with Crippen LogP contribution in [0.4, 0.5) is 4.39 Å². The number of alkyl halides is 1. The first-order chi connectivity index (χ1) is 11.0. The molecule has 1 fully saturated rings. The van der Waals surface area contributed by atoms with E-state index in [4.69, 9.17) is 0 Å². The lowest BCUT2D eigenvalue weighted by Gasteiger charge is -2.36. The topological polar surface area (TPSA) is 72.8 Å². The molecule has 3 N–H and O–H groups in total. The molecule has 0 bridgehead atoms. The van der Waals surface area contributed by atoms with Gasteiger partial charge in [-0.15, -0.1) is 0 Å². The van der Waals surface area contributed by atoms with Crippen molar-refractivity contribution in [2.75, 3.05) is 19.6 Å². The molecule has 0 saturated carbocycles. The Kier molecular flexibility index (Phi) is 6.50. The van der Waals surface area contributed by atoms with Crippen molar-refractivity contribution < 1.29 is 19.4 Å². The minimum absolute atomic E-state index is 0.129. The Morgan fingerprint density at radius 1 is 1.30 bits per heavy atom. The van der Waals surface area contributed by atoms with E-state index < -0.39 is 24.4 Å². The fourth-order valence-electron chi connectivity index (χ4n) is 2.87. The smallest absolute Gasteiger partial charge is 0.242 e. The van der Waals surface area contributed by atoms with E-state index in [1.165, 1.54) is 5.56 Å². The molecule has 1 aliphatic heterocycles. The van der Waals surface area contributed by atoms with Gasteiger partial charge in [0.15, 0.2) is 0 Å². The Bertz CT molecular complexity index is 500. The minimum Gasteiger partial charge on any atom is -0.388 e. The maximum atomic E-state index is 13.3. The van der Waals surface area contributed by atoms with Crippen molar-refractivity contribution in [3.63, 3.8) is 0 Å². The van der Waals surface area contributed by atoms with E-state index in [9.17, 15) is 19.4 Å². The predicted octanol–water partition coefficient (Wildman–Crippen LogP) is 0.499. The first-order valence-electron chi connectivity index (χ1n) is 8.11. The SMILES string of the molecule is CCN(CCCc1ccccc1)C(=O)[C@H]1NC[C@H](F)[C@H](O)[C@@H]1O. The predicted molar refractivity (Wildman–Crippen MR) is 85.7 cm³/mol. The third-order valence-corrected chi connectivity index (χ3v) is 4.29. The summed E-state index contributed by atoms with van der Waals surface area (Å²) in [5.74, 6) is -0.293. The molecule has 1 saturated heterocycles. The highest BCUT2D eigenvalue weighted by Crippen LogP contribution is 2.15. The Morgan fingerprint density at radius 3 is 2.65 bits per heavy atom. The third kappa shape index (κ3) is 4.50.